The highest BCUT2D eigenvalue weighted by molar-refractivity contribution is 6.10. The van der Waals surface area contributed by atoms with Gasteiger partial charge in [-0.3, -0.25) is 0 Å². The summed E-state index contributed by atoms with van der Waals surface area (Å²) >= 11 is 0. The minimum absolute atomic E-state index is 0.268. The molecule has 0 spiro atoms. The molecule has 16 rings (SSSR count). The number of ether oxygens (including phenoxy) is 1. The molecule has 0 saturated carbocycles. The van der Waals surface area contributed by atoms with Crippen molar-refractivity contribution in [3.05, 3.63) is 347 Å². The Morgan fingerprint density at radius 3 is 1.00 bits per heavy atom. The highest BCUT2D eigenvalue weighted by Gasteiger charge is 2.50. The Bertz CT molecular complexity index is 4940. The zero-order chi connectivity index (χ0) is 64.8. The van der Waals surface area contributed by atoms with Gasteiger partial charge in [-0.15, -0.1) is 0 Å². The quantitative estimate of drug-likeness (QED) is 0.101. The highest BCUT2D eigenvalue weighted by atomic mass is 16.5. The third kappa shape index (κ3) is 9.80. The fourth-order valence-electron chi connectivity index (χ4n) is 17.7. The van der Waals surface area contributed by atoms with Gasteiger partial charge in [0, 0.05) is 83.1 Å². The molecule has 4 atom stereocenters. The van der Waals surface area contributed by atoms with Crippen LogP contribution < -0.4 is 14.5 Å². The van der Waals surface area contributed by atoms with Gasteiger partial charge >= 0.3 is 0 Å². The summed E-state index contributed by atoms with van der Waals surface area (Å²) in [4.78, 5) is 4.86. The molecule has 12 aromatic carbocycles. The van der Waals surface area contributed by atoms with E-state index in [9.17, 15) is 0 Å². The molecule has 464 valence electrons. The largest absolute Gasteiger partial charge is 0.457 e. The molecule has 0 fully saturated rings. The van der Waals surface area contributed by atoms with Crippen molar-refractivity contribution in [3.63, 3.8) is 0 Å². The van der Waals surface area contributed by atoms with Crippen molar-refractivity contribution in [2.24, 2.45) is 0 Å². The molecule has 5 nitrogen and oxygen atoms in total. The first-order valence-electron chi connectivity index (χ1n) is 33.7. The Morgan fingerprint density at radius 2 is 0.632 bits per heavy atom. The van der Waals surface area contributed by atoms with Crippen molar-refractivity contribution in [2.75, 3.05) is 38.0 Å². The highest BCUT2D eigenvalue weighted by Crippen LogP contribution is 2.55. The minimum Gasteiger partial charge on any atom is -0.457 e. The number of rotatable bonds is 14. The van der Waals surface area contributed by atoms with Gasteiger partial charge in [-0.05, 0) is 191 Å². The van der Waals surface area contributed by atoms with Gasteiger partial charge in [-0.25, -0.2) is 0 Å². The molecule has 95 heavy (non-hydrogen) atoms. The van der Waals surface area contributed by atoms with Crippen LogP contribution in [0.25, 0.3) is 43.1 Å². The van der Waals surface area contributed by atoms with E-state index in [-0.39, 0.29) is 21.7 Å². The summed E-state index contributed by atoms with van der Waals surface area (Å²) in [7, 11) is 8.98. The number of anilines is 2. The zero-order valence-corrected chi connectivity index (χ0v) is 55.7. The lowest BCUT2D eigenvalue weighted by Gasteiger charge is -2.29. The van der Waals surface area contributed by atoms with Crippen LogP contribution in [0.3, 0.4) is 0 Å². The van der Waals surface area contributed by atoms with Gasteiger partial charge in [0.05, 0.1) is 10.8 Å². The molecule has 4 aliphatic rings. The Hall–Kier alpha value is -10.6. The van der Waals surface area contributed by atoms with Crippen molar-refractivity contribution < 1.29 is 13.9 Å². The molecular weight excluding hydrogens is 1150 g/mol. The Labute approximate surface area is 559 Å². The summed E-state index contributed by atoms with van der Waals surface area (Å²) in [5.74, 6) is 1.63. The second kappa shape index (κ2) is 23.1. The lowest BCUT2D eigenvalue weighted by Crippen LogP contribution is -2.33. The standard InChI is InChI=1S/C90H80N4O/c1-87(57-61-25-11-9-12-26-61)79(91(5)75-53-45-65-29-15-19-33-71(65)83(75)87)37-23-39-81-89(3,85-73-35-21-17-31-67(73)47-55-77(85)93(81)7)59-63-41-49-69(50-42-63)95-70-51-43-64(44-52-70)60-90(4)82(94(8)78-56-48-68-32-18-22-36-74(68)86(78)90)40-24-38-80-88(2,58-62-27-13-10-14-28-62)84-72-34-20-16-30-66(72)46-54-76(84)92(80)6/h9-56H,57-60H2,1-8H3/q+2. The average Bonchev–Trinajstić information content (AvgIpc) is 1.60. The second-order valence-corrected chi connectivity index (χ2v) is 27.9. The van der Waals surface area contributed by atoms with E-state index in [0.717, 1.165) is 37.2 Å². The summed E-state index contributed by atoms with van der Waals surface area (Å²) in [6, 6.07) is 93.6. The van der Waals surface area contributed by atoms with E-state index in [1.54, 1.807) is 0 Å². The van der Waals surface area contributed by atoms with Crippen LogP contribution in [0.1, 0.15) is 72.2 Å². The van der Waals surface area contributed by atoms with Crippen LogP contribution >= 0.6 is 0 Å². The van der Waals surface area contributed by atoms with Crippen molar-refractivity contribution in [3.8, 4) is 11.5 Å². The van der Waals surface area contributed by atoms with Gasteiger partial charge in [-0.2, -0.15) is 9.15 Å². The van der Waals surface area contributed by atoms with Gasteiger partial charge in [0.1, 0.15) is 25.6 Å². The predicted octanol–water partition coefficient (Wildman–Crippen LogP) is 20.7. The van der Waals surface area contributed by atoms with Crippen LogP contribution in [0.2, 0.25) is 0 Å². The van der Waals surface area contributed by atoms with Crippen LogP contribution in [0.5, 0.6) is 11.5 Å². The molecule has 4 aliphatic heterocycles. The lowest BCUT2D eigenvalue weighted by atomic mass is 9.72. The smallest absolute Gasteiger partial charge is 0.210 e. The molecule has 0 N–H and O–H groups in total. The number of likely N-dealkylation sites (N-methyl/N-ethyl adjacent to an activating group) is 2. The minimum atomic E-state index is -0.354. The fourth-order valence-corrected chi connectivity index (χ4v) is 17.7. The van der Waals surface area contributed by atoms with Crippen molar-refractivity contribution in [2.45, 2.75) is 75.0 Å². The molecule has 5 heteroatoms. The van der Waals surface area contributed by atoms with Gasteiger partial charge in [0.25, 0.3) is 0 Å². The lowest BCUT2D eigenvalue weighted by molar-refractivity contribution is -0.401. The SMILES string of the molecule is CN1/C(=C/C=C/C2=[N+](C)c3ccc4ccccc4c3C2(C)Cc2ccc(Oc3ccc(CC4(C)C(/C=C/C=C5/N(C)c6ccc7ccccc7c6C5(C)Cc5ccccc5)=[N+](C)c5ccc6ccccc6c54)cc3)cc2)C(C)(Cc2ccccc2)c2c1ccc1ccccc21. The number of allylic oxidation sites excluding steroid dienone is 8. The molecule has 0 radical (unpaired) electrons. The number of benzene rings is 12. The molecule has 0 bridgehead atoms. The molecule has 0 aliphatic carbocycles. The molecule has 4 unspecified atom stereocenters. The van der Waals surface area contributed by atoms with Gasteiger partial charge in [-0.1, -0.05) is 206 Å². The van der Waals surface area contributed by atoms with Gasteiger partial charge in [0.15, 0.2) is 11.4 Å². The summed E-state index contributed by atoms with van der Waals surface area (Å²) in [5, 5.41) is 10.3. The number of hydrogen-bond acceptors (Lipinski definition) is 3. The van der Waals surface area contributed by atoms with Crippen LogP contribution in [0.15, 0.2) is 303 Å². The van der Waals surface area contributed by atoms with Crippen LogP contribution in [0.4, 0.5) is 22.7 Å². The Morgan fingerprint density at radius 1 is 0.326 bits per heavy atom. The first-order valence-corrected chi connectivity index (χ1v) is 33.7. The van der Waals surface area contributed by atoms with E-state index in [1.807, 2.05) is 0 Å². The number of fused-ring (bicyclic) bond motifs is 12. The third-order valence-corrected chi connectivity index (χ3v) is 22.0. The van der Waals surface area contributed by atoms with E-state index in [4.69, 9.17) is 4.74 Å². The molecule has 4 heterocycles. The third-order valence-electron chi connectivity index (χ3n) is 22.0. The summed E-state index contributed by atoms with van der Waals surface area (Å²) in [6.45, 7) is 9.78. The van der Waals surface area contributed by atoms with E-state index in [1.165, 1.54) is 133 Å². The van der Waals surface area contributed by atoms with Crippen molar-refractivity contribution >= 4 is 77.3 Å². The van der Waals surface area contributed by atoms with E-state index >= 15 is 0 Å². The topological polar surface area (TPSA) is 21.7 Å². The summed E-state index contributed by atoms with van der Waals surface area (Å²) in [6.07, 6.45) is 17.6. The molecule has 0 aromatic heterocycles. The van der Waals surface area contributed by atoms with Crippen LogP contribution in [-0.4, -0.2) is 48.8 Å². The fraction of sp³-hybridized carbons (Fsp3) is 0.178. The van der Waals surface area contributed by atoms with Crippen LogP contribution in [-0.2, 0) is 47.3 Å². The monoisotopic (exact) mass is 1230 g/mol. The average molecular weight is 1230 g/mol. The van der Waals surface area contributed by atoms with E-state index < -0.39 is 0 Å². The zero-order valence-electron chi connectivity index (χ0n) is 55.7. The number of hydrogen-bond donors (Lipinski definition) is 0. The van der Waals surface area contributed by atoms with E-state index in [2.05, 4.69) is 366 Å². The van der Waals surface area contributed by atoms with Gasteiger partial charge in [0.2, 0.25) is 11.4 Å². The summed E-state index contributed by atoms with van der Waals surface area (Å²) in [5.41, 5.74) is 19.6. The number of nitrogens with zero attached hydrogens (tertiary/aromatic N) is 4. The van der Waals surface area contributed by atoms with Crippen LogP contribution in [0, 0.1) is 0 Å². The summed E-state index contributed by atoms with van der Waals surface area (Å²) < 4.78 is 11.6. The van der Waals surface area contributed by atoms with Gasteiger partial charge < -0.3 is 14.5 Å². The normalized spacial score (nSPS) is 21.4. The molecule has 12 aromatic rings. The van der Waals surface area contributed by atoms with Crippen molar-refractivity contribution in [1.29, 1.82) is 0 Å². The Kier molecular flexibility index (Phi) is 14.5. The molecule has 0 saturated heterocycles. The first kappa shape index (κ1) is 59.4. The maximum Gasteiger partial charge on any atom is 0.210 e. The predicted molar refractivity (Wildman–Crippen MR) is 399 cm³/mol. The molecule has 0 amide bonds. The van der Waals surface area contributed by atoms with E-state index in [0.29, 0.717) is 0 Å². The first-order chi connectivity index (χ1) is 46.2. The second-order valence-electron chi connectivity index (χ2n) is 27.9. The van der Waals surface area contributed by atoms with Crippen molar-refractivity contribution in [1.82, 2.24) is 0 Å². The maximum atomic E-state index is 6.74. The molecular formula is C90H80N4O+2. The Balaban J connectivity index is 0.680. The maximum absolute atomic E-state index is 6.74.